The molecule has 0 aliphatic carbocycles. The lowest BCUT2D eigenvalue weighted by Crippen LogP contribution is -2.47. The Morgan fingerprint density at radius 3 is 2.89 bits per heavy atom. The fourth-order valence-electron chi connectivity index (χ4n) is 2.23. The van der Waals surface area contributed by atoms with Gasteiger partial charge in [-0.25, -0.2) is 0 Å². The van der Waals surface area contributed by atoms with Gasteiger partial charge in [-0.2, -0.15) is 0 Å². The molecule has 0 radical (unpaired) electrons. The van der Waals surface area contributed by atoms with Crippen LogP contribution in [0.4, 0.5) is 5.69 Å². The molecule has 1 aromatic carbocycles. The maximum Gasteiger partial charge on any atom is 0.253 e. The van der Waals surface area contributed by atoms with E-state index in [1.165, 1.54) is 0 Å². The van der Waals surface area contributed by atoms with Gasteiger partial charge in [0.2, 0.25) is 0 Å². The number of amides is 1. The number of rotatable bonds is 4. The summed E-state index contributed by atoms with van der Waals surface area (Å²) < 4.78 is 5.34. The van der Waals surface area contributed by atoms with Gasteiger partial charge in [-0.05, 0) is 19.1 Å². The van der Waals surface area contributed by atoms with Gasteiger partial charge in [0.15, 0.2) is 0 Å². The van der Waals surface area contributed by atoms with Crippen LogP contribution in [0.15, 0.2) is 24.3 Å². The Balaban J connectivity index is 2.02. The van der Waals surface area contributed by atoms with E-state index >= 15 is 0 Å². The number of hydrogen-bond acceptors (Lipinski definition) is 4. The number of anilines is 1. The molecule has 3 N–H and O–H groups in total. The maximum atomic E-state index is 12.1. The maximum absolute atomic E-state index is 12.1. The predicted molar refractivity (Wildman–Crippen MR) is 73.3 cm³/mol. The number of aliphatic hydroxyl groups is 1. The number of benzene rings is 1. The summed E-state index contributed by atoms with van der Waals surface area (Å²) in [5.74, 6) is -0.197. The summed E-state index contributed by atoms with van der Waals surface area (Å²) in [5.41, 5.74) is 0.368. The minimum atomic E-state index is -0.968. The van der Waals surface area contributed by atoms with Crippen LogP contribution >= 0.6 is 0 Å². The lowest BCUT2D eigenvalue weighted by molar-refractivity contribution is -0.0251. The first-order valence-electron chi connectivity index (χ1n) is 6.46. The lowest BCUT2D eigenvalue weighted by atomic mass is 9.96. The quantitative estimate of drug-likeness (QED) is 0.758. The van der Waals surface area contributed by atoms with Gasteiger partial charge in [0.05, 0.1) is 11.7 Å². The first kappa shape index (κ1) is 13.8. The van der Waals surface area contributed by atoms with Crippen LogP contribution in [0.2, 0.25) is 0 Å². The monoisotopic (exact) mass is 264 g/mol. The van der Waals surface area contributed by atoms with Crippen LogP contribution in [0.5, 0.6) is 0 Å². The molecule has 0 saturated carbocycles. The molecular weight excluding hydrogens is 244 g/mol. The second-order valence-electron chi connectivity index (χ2n) is 4.84. The van der Waals surface area contributed by atoms with Crippen molar-refractivity contribution >= 4 is 11.6 Å². The zero-order valence-electron chi connectivity index (χ0n) is 11.3. The van der Waals surface area contributed by atoms with Crippen molar-refractivity contribution in [1.82, 2.24) is 5.32 Å². The molecule has 1 fully saturated rings. The van der Waals surface area contributed by atoms with Crippen LogP contribution in [0.1, 0.15) is 23.7 Å². The molecule has 1 saturated heterocycles. The molecule has 1 amide bonds. The number of carbonyl (C=O) groups excluding carboxylic acids is 1. The second-order valence-corrected chi connectivity index (χ2v) is 4.84. The van der Waals surface area contributed by atoms with E-state index in [0.29, 0.717) is 18.6 Å². The van der Waals surface area contributed by atoms with Crippen LogP contribution < -0.4 is 10.6 Å². The zero-order chi connectivity index (χ0) is 13.9. The standard InChI is InChI=1S/C14H20N2O3/c1-10-14(18,7-8-19-10)9-16-13(17)11-5-3-4-6-12(11)15-2/h3-6,10,15,18H,7-9H2,1-2H3,(H,16,17). The molecule has 1 aromatic rings. The van der Waals surface area contributed by atoms with E-state index in [4.69, 9.17) is 4.74 Å². The van der Waals surface area contributed by atoms with Crippen molar-refractivity contribution in [2.45, 2.75) is 25.0 Å². The van der Waals surface area contributed by atoms with E-state index in [-0.39, 0.29) is 18.6 Å². The molecule has 1 aliphatic rings. The molecule has 0 bridgehead atoms. The van der Waals surface area contributed by atoms with Crippen molar-refractivity contribution in [1.29, 1.82) is 0 Å². The molecule has 2 rings (SSSR count). The summed E-state index contributed by atoms with van der Waals surface area (Å²) in [7, 11) is 1.77. The van der Waals surface area contributed by atoms with Crippen LogP contribution in [0.25, 0.3) is 0 Å². The summed E-state index contributed by atoms with van der Waals surface area (Å²) in [6, 6.07) is 7.26. The van der Waals surface area contributed by atoms with Crippen LogP contribution in [-0.2, 0) is 4.74 Å². The largest absolute Gasteiger partial charge is 0.387 e. The molecular formula is C14H20N2O3. The minimum absolute atomic E-state index is 0.197. The Morgan fingerprint density at radius 2 is 2.26 bits per heavy atom. The van der Waals surface area contributed by atoms with Gasteiger partial charge in [-0.15, -0.1) is 0 Å². The van der Waals surface area contributed by atoms with Crippen LogP contribution in [0.3, 0.4) is 0 Å². The number of nitrogens with one attached hydrogen (secondary N) is 2. The summed E-state index contributed by atoms with van der Waals surface area (Å²) in [5, 5.41) is 16.1. The highest BCUT2D eigenvalue weighted by Gasteiger charge is 2.39. The first-order valence-corrected chi connectivity index (χ1v) is 6.46. The predicted octanol–water partition coefficient (Wildman–Crippen LogP) is 0.998. The highest BCUT2D eigenvalue weighted by Crippen LogP contribution is 2.25. The SMILES string of the molecule is CNc1ccccc1C(=O)NCC1(O)CCOC1C. The van der Waals surface area contributed by atoms with Crippen molar-refractivity contribution in [3.05, 3.63) is 29.8 Å². The van der Waals surface area contributed by atoms with Crippen molar-refractivity contribution in [3.8, 4) is 0 Å². The number of carbonyl (C=O) groups is 1. The third-order valence-electron chi connectivity index (χ3n) is 3.66. The molecule has 5 nitrogen and oxygen atoms in total. The third-order valence-corrected chi connectivity index (χ3v) is 3.66. The molecule has 5 heteroatoms. The van der Waals surface area contributed by atoms with E-state index in [1.54, 1.807) is 13.1 Å². The average Bonchev–Trinajstić information content (AvgIpc) is 2.76. The number of ether oxygens (including phenoxy) is 1. The van der Waals surface area contributed by atoms with Crippen LogP contribution in [-0.4, -0.2) is 42.9 Å². The van der Waals surface area contributed by atoms with Gasteiger partial charge >= 0.3 is 0 Å². The van der Waals surface area contributed by atoms with Crippen molar-refractivity contribution in [2.75, 3.05) is 25.5 Å². The van der Waals surface area contributed by atoms with Crippen LogP contribution in [0, 0.1) is 0 Å². The third kappa shape index (κ3) is 2.88. The van der Waals surface area contributed by atoms with E-state index in [9.17, 15) is 9.90 Å². The summed E-state index contributed by atoms with van der Waals surface area (Å²) in [6.45, 7) is 2.55. The van der Waals surface area contributed by atoms with Gasteiger partial charge < -0.3 is 20.5 Å². The topological polar surface area (TPSA) is 70.6 Å². The van der Waals surface area contributed by atoms with E-state index < -0.39 is 5.60 Å². The van der Waals surface area contributed by atoms with E-state index in [2.05, 4.69) is 10.6 Å². The Labute approximate surface area is 113 Å². The Bertz CT molecular complexity index is 464. The smallest absolute Gasteiger partial charge is 0.253 e. The Morgan fingerprint density at radius 1 is 1.53 bits per heavy atom. The lowest BCUT2D eigenvalue weighted by Gasteiger charge is -2.26. The molecule has 19 heavy (non-hydrogen) atoms. The van der Waals surface area contributed by atoms with Gasteiger partial charge in [0, 0.05) is 32.3 Å². The van der Waals surface area contributed by atoms with Crippen molar-refractivity contribution in [3.63, 3.8) is 0 Å². The molecule has 2 atom stereocenters. The highest BCUT2D eigenvalue weighted by atomic mass is 16.5. The fourth-order valence-corrected chi connectivity index (χ4v) is 2.23. The fraction of sp³-hybridized carbons (Fsp3) is 0.500. The summed E-state index contributed by atoms with van der Waals surface area (Å²) in [6.07, 6.45) is 0.287. The molecule has 0 aromatic heterocycles. The van der Waals surface area contributed by atoms with Crippen molar-refractivity contribution in [2.24, 2.45) is 0 Å². The second kappa shape index (κ2) is 5.59. The molecule has 2 unspecified atom stereocenters. The van der Waals surface area contributed by atoms with E-state index in [1.807, 2.05) is 25.1 Å². The average molecular weight is 264 g/mol. The minimum Gasteiger partial charge on any atom is -0.387 e. The molecule has 1 aliphatic heterocycles. The van der Waals surface area contributed by atoms with Crippen molar-refractivity contribution < 1.29 is 14.6 Å². The summed E-state index contributed by atoms with van der Waals surface area (Å²) in [4.78, 5) is 12.1. The number of hydrogen-bond donors (Lipinski definition) is 3. The van der Waals surface area contributed by atoms with Gasteiger partial charge in [0.1, 0.15) is 5.60 Å². The molecule has 104 valence electrons. The zero-order valence-corrected chi connectivity index (χ0v) is 11.3. The summed E-state index contributed by atoms with van der Waals surface area (Å²) >= 11 is 0. The normalized spacial score (nSPS) is 26.2. The van der Waals surface area contributed by atoms with E-state index in [0.717, 1.165) is 5.69 Å². The number of para-hydroxylation sites is 1. The molecule has 1 heterocycles. The molecule has 0 spiro atoms. The highest BCUT2D eigenvalue weighted by molar-refractivity contribution is 5.99. The Hall–Kier alpha value is -1.59. The van der Waals surface area contributed by atoms with Gasteiger partial charge in [-0.3, -0.25) is 4.79 Å². The van der Waals surface area contributed by atoms with Gasteiger partial charge in [-0.1, -0.05) is 12.1 Å². The Kier molecular flexibility index (Phi) is 4.07. The first-order chi connectivity index (χ1) is 9.07. The van der Waals surface area contributed by atoms with Gasteiger partial charge in [0.25, 0.3) is 5.91 Å².